The van der Waals surface area contributed by atoms with Gasteiger partial charge < -0.3 is 10.1 Å². The highest BCUT2D eigenvalue weighted by Crippen LogP contribution is 2.27. The van der Waals surface area contributed by atoms with Crippen LogP contribution in [0.5, 0.6) is 0 Å². The molecule has 1 unspecified atom stereocenters. The van der Waals surface area contributed by atoms with Crippen LogP contribution in [0, 0.1) is 0 Å². The van der Waals surface area contributed by atoms with Crippen molar-refractivity contribution in [3.63, 3.8) is 0 Å². The Morgan fingerprint density at radius 3 is 3.05 bits per heavy atom. The summed E-state index contributed by atoms with van der Waals surface area (Å²) in [5.74, 6) is 0. The molecule has 5 nitrogen and oxygen atoms in total. The molecule has 4 heterocycles. The maximum absolute atomic E-state index is 5.46. The number of likely N-dealkylation sites (tertiary alicyclic amines) is 1. The van der Waals surface area contributed by atoms with Gasteiger partial charge in [-0.2, -0.15) is 0 Å². The van der Waals surface area contributed by atoms with Crippen molar-refractivity contribution in [2.24, 2.45) is 0 Å². The molecule has 21 heavy (non-hydrogen) atoms. The van der Waals surface area contributed by atoms with Gasteiger partial charge in [-0.15, -0.1) is 0 Å². The van der Waals surface area contributed by atoms with Gasteiger partial charge >= 0.3 is 0 Å². The average Bonchev–Trinajstić information content (AvgIpc) is 3.14. The van der Waals surface area contributed by atoms with Crippen LogP contribution in [0.15, 0.2) is 18.5 Å². The summed E-state index contributed by atoms with van der Waals surface area (Å²) in [5, 5.41) is 4.63. The number of hydrogen-bond acceptors (Lipinski definition) is 6. The van der Waals surface area contributed by atoms with Crippen LogP contribution in [-0.2, 0) is 4.74 Å². The molecule has 4 rings (SSSR count). The first-order valence-corrected chi connectivity index (χ1v) is 8.49. The van der Waals surface area contributed by atoms with Gasteiger partial charge in [-0.05, 0) is 25.3 Å². The molecule has 2 fully saturated rings. The topological polar surface area (TPSA) is 50.3 Å². The fraction of sp³-hybridized carbons (Fsp3) is 0.600. The Morgan fingerprint density at radius 1 is 1.29 bits per heavy atom. The molecule has 2 aliphatic heterocycles. The van der Waals surface area contributed by atoms with Crippen molar-refractivity contribution in [2.45, 2.75) is 31.3 Å². The first-order chi connectivity index (χ1) is 10.4. The molecule has 0 aromatic carbocycles. The van der Waals surface area contributed by atoms with Gasteiger partial charge in [0.15, 0.2) is 5.13 Å². The summed E-state index contributed by atoms with van der Waals surface area (Å²) in [5.41, 5.74) is 0.990. The third-order valence-electron chi connectivity index (χ3n) is 4.44. The number of hydrogen-bond donors (Lipinski definition) is 1. The van der Waals surface area contributed by atoms with Gasteiger partial charge in [-0.3, -0.25) is 9.88 Å². The molecule has 1 N–H and O–H groups in total. The highest BCUT2D eigenvalue weighted by atomic mass is 32.1. The summed E-state index contributed by atoms with van der Waals surface area (Å²) in [4.78, 5) is 11.4. The van der Waals surface area contributed by atoms with Gasteiger partial charge in [-0.25, -0.2) is 4.98 Å². The van der Waals surface area contributed by atoms with Crippen LogP contribution in [0.3, 0.4) is 0 Å². The van der Waals surface area contributed by atoms with E-state index in [1.165, 1.54) is 30.5 Å². The van der Waals surface area contributed by atoms with Crippen molar-refractivity contribution in [2.75, 3.05) is 31.6 Å². The molecule has 0 amide bonds. The number of fused-ring (bicyclic) bond motifs is 1. The second-order valence-electron chi connectivity index (χ2n) is 5.83. The second-order valence-corrected chi connectivity index (χ2v) is 6.86. The van der Waals surface area contributed by atoms with Gasteiger partial charge in [0, 0.05) is 44.6 Å². The summed E-state index contributed by atoms with van der Waals surface area (Å²) in [6, 6.07) is 3.26. The lowest BCUT2D eigenvalue weighted by Crippen LogP contribution is -2.39. The number of nitrogens with zero attached hydrogens (tertiary/aromatic N) is 3. The number of thiazole rings is 1. The van der Waals surface area contributed by atoms with Crippen LogP contribution in [0.1, 0.15) is 19.3 Å². The van der Waals surface area contributed by atoms with Crippen LogP contribution in [0.25, 0.3) is 10.2 Å². The zero-order chi connectivity index (χ0) is 14.1. The van der Waals surface area contributed by atoms with Crippen LogP contribution < -0.4 is 5.32 Å². The number of pyridine rings is 1. The molecule has 112 valence electrons. The number of nitrogens with one attached hydrogen (secondary N) is 1. The molecular formula is C15H20N4OS. The predicted molar refractivity (Wildman–Crippen MR) is 84.9 cm³/mol. The van der Waals surface area contributed by atoms with E-state index >= 15 is 0 Å². The Balaban J connectivity index is 1.39. The Labute approximate surface area is 128 Å². The first-order valence-electron chi connectivity index (χ1n) is 7.67. The Hall–Kier alpha value is -1.24. The van der Waals surface area contributed by atoms with E-state index in [4.69, 9.17) is 4.74 Å². The summed E-state index contributed by atoms with van der Waals surface area (Å²) in [7, 11) is 0. The van der Waals surface area contributed by atoms with Gasteiger partial charge in [0.25, 0.3) is 0 Å². The van der Waals surface area contributed by atoms with Crippen LogP contribution >= 0.6 is 11.3 Å². The van der Waals surface area contributed by atoms with E-state index in [1.54, 1.807) is 11.3 Å². The molecule has 0 spiro atoms. The number of anilines is 1. The molecule has 0 aliphatic carbocycles. The van der Waals surface area contributed by atoms with Crippen molar-refractivity contribution in [3.05, 3.63) is 18.5 Å². The predicted octanol–water partition coefficient (Wildman–Crippen LogP) is 2.36. The molecule has 0 radical (unpaired) electrons. The Morgan fingerprint density at radius 2 is 2.19 bits per heavy atom. The molecule has 1 atom stereocenters. The van der Waals surface area contributed by atoms with Gasteiger partial charge in [0.2, 0.25) is 0 Å². The van der Waals surface area contributed by atoms with Crippen LogP contribution in [0.2, 0.25) is 0 Å². The van der Waals surface area contributed by atoms with Gasteiger partial charge in [-0.1, -0.05) is 11.3 Å². The van der Waals surface area contributed by atoms with E-state index in [9.17, 15) is 0 Å². The summed E-state index contributed by atoms with van der Waals surface area (Å²) >= 11 is 1.72. The van der Waals surface area contributed by atoms with Crippen molar-refractivity contribution in [1.82, 2.24) is 14.9 Å². The zero-order valence-corrected chi connectivity index (χ0v) is 12.8. The molecule has 2 aliphatic rings. The summed E-state index contributed by atoms with van der Waals surface area (Å²) in [6.07, 6.45) is 7.22. The lowest BCUT2D eigenvalue weighted by molar-refractivity contribution is 0.0421. The van der Waals surface area contributed by atoms with E-state index < -0.39 is 0 Å². The zero-order valence-electron chi connectivity index (χ0n) is 12.0. The highest BCUT2D eigenvalue weighted by Gasteiger charge is 2.29. The standard InChI is InChI=1S/C15H20N4OS/c1-5-16-9-13-14(1)21-15(18-13)17-11-2-6-19(10-11)12-3-7-20-8-4-12/h1,5,9,11-12H,2-4,6-8,10H2,(H,17,18). The van der Waals surface area contributed by atoms with Crippen molar-refractivity contribution in [3.8, 4) is 0 Å². The minimum absolute atomic E-state index is 0.515. The Kier molecular flexibility index (Phi) is 3.75. The largest absolute Gasteiger partial charge is 0.381 e. The second kappa shape index (κ2) is 5.87. The quantitative estimate of drug-likeness (QED) is 0.943. The van der Waals surface area contributed by atoms with Crippen LogP contribution in [-0.4, -0.2) is 53.3 Å². The molecule has 6 heteroatoms. The van der Waals surface area contributed by atoms with E-state index in [2.05, 4.69) is 20.2 Å². The molecular weight excluding hydrogens is 284 g/mol. The summed E-state index contributed by atoms with van der Waals surface area (Å²) in [6.45, 7) is 4.15. The molecule has 2 saturated heterocycles. The maximum Gasteiger partial charge on any atom is 0.184 e. The molecule has 2 aromatic rings. The van der Waals surface area contributed by atoms with E-state index in [0.29, 0.717) is 12.1 Å². The smallest absolute Gasteiger partial charge is 0.184 e. The lowest BCUT2D eigenvalue weighted by Gasteiger charge is -2.31. The van der Waals surface area contributed by atoms with E-state index in [0.717, 1.165) is 30.4 Å². The first kappa shape index (κ1) is 13.4. The number of aromatic nitrogens is 2. The monoisotopic (exact) mass is 304 g/mol. The van der Waals surface area contributed by atoms with Crippen molar-refractivity contribution >= 4 is 26.7 Å². The third kappa shape index (κ3) is 2.88. The fourth-order valence-corrected chi connectivity index (χ4v) is 4.21. The van der Waals surface area contributed by atoms with Gasteiger partial charge in [0.05, 0.1) is 10.9 Å². The highest BCUT2D eigenvalue weighted by molar-refractivity contribution is 7.22. The molecule has 2 aromatic heterocycles. The number of ether oxygens (including phenoxy) is 1. The Bertz CT molecular complexity index is 577. The molecule has 0 bridgehead atoms. The minimum Gasteiger partial charge on any atom is -0.381 e. The average molecular weight is 304 g/mol. The van der Waals surface area contributed by atoms with Gasteiger partial charge in [0.1, 0.15) is 5.52 Å². The normalized spacial score (nSPS) is 24.7. The van der Waals surface area contributed by atoms with Crippen molar-refractivity contribution in [1.29, 1.82) is 0 Å². The van der Waals surface area contributed by atoms with Crippen LogP contribution in [0.4, 0.5) is 5.13 Å². The fourth-order valence-electron chi connectivity index (χ4n) is 3.30. The van der Waals surface area contributed by atoms with Crippen molar-refractivity contribution < 1.29 is 4.74 Å². The molecule has 0 saturated carbocycles. The lowest BCUT2D eigenvalue weighted by atomic mass is 10.1. The number of rotatable bonds is 3. The van der Waals surface area contributed by atoms with E-state index in [1.807, 2.05) is 18.5 Å². The third-order valence-corrected chi connectivity index (χ3v) is 5.41. The van der Waals surface area contributed by atoms with E-state index in [-0.39, 0.29) is 0 Å². The SMILES string of the molecule is c1cc2sc(NC3CCN(C4CCOCC4)C3)nc2cn1. The summed E-state index contributed by atoms with van der Waals surface area (Å²) < 4.78 is 6.66. The maximum atomic E-state index is 5.46. The minimum atomic E-state index is 0.515.